The molecule has 1 unspecified atom stereocenters. The number of esters is 2. The van der Waals surface area contributed by atoms with Gasteiger partial charge < -0.3 is 14.6 Å². The summed E-state index contributed by atoms with van der Waals surface area (Å²) in [6, 6.07) is 0. The molecule has 0 aromatic rings. The van der Waals surface area contributed by atoms with Crippen LogP contribution in [0.2, 0.25) is 0 Å². The van der Waals surface area contributed by atoms with Crippen LogP contribution in [0.3, 0.4) is 0 Å². The molecule has 0 radical (unpaired) electrons. The predicted octanol–water partition coefficient (Wildman–Crippen LogP) is 20.1. The Morgan fingerprint density at radius 3 is 0.929 bits per heavy atom. The summed E-state index contributed by atoms with van der Waals surface area (Å²) >= 11 is 0. The first-order valence-corrected chi connectivity index (χ1v) is 29.4. The van der Waals surface area contributed by atoms with E-state index in [9.17, 15) is 14.7 Å². The Hall–Kier alpha value is -3.44. The zero-order chi connectivity index (χ0) is 50.6. The van der Waals surface area contributed by atoms with E-state index in [4.69, 9.17) is 9.47 Å². The first-order chi connectivity index (χ1) is 34.6. The van der Waals surface area contributed by atoms with Crippen LogP contribution in [0.1, 0.15) is 271 Å². The molecule has 0 aromatic heterocycles. The molecule has 0 bridgehead atoms. The summed E-state index contributed by atoms with van der Waals surface area (Å²) in [6.45, 7) is 4.02. The standard InChI is InChI=1S/C65H110O5/c1-3-5-7-9-11-13-15-17-19-21-23-25-26-27-28-29-30-31-32-33-34-35-36-37-38-40-42-44-46-48-50-52-54-56-58-60-65(68)70-63(61-66)62-69-64(67)59-57-55-53-51-49-47-45-43-41-39-24-22-20-18-16-14-12-10-8-6-4-2/h5,7,11,13,16-19,22-25,27-28,30-31,41,43,63,66H,3-4,6,8-10,12,14-15,20-21,26,29,32-40,42,44-62H2,1-2H3/b7-5-,13-11-,18-16-,19-17-,24-22-,25-23-,28-27-,31-30-,43-41-. The van der Waals surface area contributed by atoms with Crippen LogP contribution in [-0.4, -0.2) is 36.4 Å². The highest BCUT2D eigenvalue weighted by Crippen LogP contribution is 2.16. The Morgan fingerprint density at radius 2 is 0.614 bits per heavy atom. The van der Waals surface area contributed by atoms with Crippen LogP contribution >= 0.6 is 0 Å². The van der Waals surface area contributed by atoms with Crippen LogP contribution in [0.4, 0.5) is 0 Å². The Bertz CT molecular complexity index is 1380. The maximum atomic E-state index is 12.3. The Morgan fingerprint density at radius 1 is 0.343 bits per heavy atom. The Labute approximate surface area is 433 Å². The van der Waals surface area contributed by atoms with Crippen molar-refractivity contribution in [2.75, 3.05) is 13.2 Å². The van der Waals surface area contributed by atoms with Crippen molar-refractivity contribution in [2.24, 2.45) is 0 Å². The molecule has 0 aliphatic heterocycles. The zero-order valence-electron chi connectivity index (χ0n) is 45.7. The van der Waals surface area contributed by atoms with E-state index in [1.807, 2.05) is 0 Å². The monoisotopic (exact) mass is 971 g/mol. The predicted molar refractivity (Wildman–Crippen MR) is 306 cm³/mol. The zero-order valence-corrected chi connectivity index (χ0v) is 45.7. The molecule has 70 heavy (non-hydrogen) atoms. The van der Waals surface area contributed by atoms with Gasteiger partial charge in [-0.15, -0.1) is 0 Å². The van der Waals surface area contributed by atoms with Gasteiger partial charge >= 0.3 is 11.9 Å². The van der Waals surface area contributed by atoms with Gasteiger partial charge in [0.1, 0.15) is 6.61 Å². The number of hydrogen-bond acceptors (Lipinski definition) is 5. The second-order valence-corrected chi connectivity index (χ2v) is 19.3. The molecule has 1 atom stereocenters. The normalized spacial score (nSPS) is 13.0. The summed E-state index contributed by atoms with van der Waals surface area (Å²) in [7, 11) is 0. The SMILES string of the molecule is CC/C=C\C/C=C\C/C=C\C/C=C\C/C=C\C/C=C\CCCCCCCCCCCCCCCCCCC(=O)OC(CO)COC(=O)CCCCCCCC/C=C\C/C=C\C/C=C\CCCCCCC. The molecule has 0 saturated carbocycles. The average molecular weight is 972 g/mol. The van der Waals surface area contributed by atoms with Crippen LogP contribution < -0.4 is 0 Å². The number of hydrogen-bond donors (Lipinski definition) is 1. The van der Waals surface area contributed by atoms with Crippen molar-refractivity contribution in [1.29, 1.82) is 0 Å². The quantitative estimate of drug-likeness (QED) is 0.0373. The minimum Gasteiger partial charge on any atom is -0.462 e. The highest BCUT2D eigenvalue weighted by molar-refractivity contribution is 5.70. The lowest BCUT2D eigenvalue weighted by Crippen LogP contribution is -2.28. The van der Waals surface area contributed by atoms with Gasteiger partial charge in [0.05, 0.1) is 6.61 Å². The smallest absolute Gasteiger partial charge is 0.306 e. The van der Waals surface area contributed by atoms with Crippen molar-refractivity contribution in [2.45, 2.75) is 277 Å². The van der Waals surface area contributed by atoms with Gasteiger partial charge in [0.2, 0.25) is 0 Å². The van der Waals surface area contributed by atoms with Crippen molar-refractivity contribution in [3.05, 3.63) is 109 Å². The Balaban J connectivity index is 3.51. The molecule has 400 valence electrons. The van der Waals surface area contributed by atoms with E-state index >= 15 is 0 Å². The topological polar surface area (TPSA) is 72.8 Å². The largest absolute Gasteiger partial charge is 0.462 e. The van der Waals surface area contributed by atoms with Crippen molar-refractivity contribution in [3.63, 3.8) is 0 Å². The number of aliphatic hydroxyl groups is 1. The fourth-order valence-corrected chi connectivity index (χ4v) is 8.15. The van der Waals surface area contributed by atoms with Gasteiger partial charge in [-0.3, -0.25) is 9.59 Å². The van der Waals surface area contributed by atoms with Crippen LogP contribution in [0.15, 0.2) is 109 Å². The van der Waals surface area contributed by atoms with E-state index in [2.05, 4.69) is 123 Å². The van der Waals surface area contributed by atoms with Gasteiger partial charge in [0.15, 0.2) is 6.10 Å². The van der Waals surface area contributed by atoms with E-state index < -0.39 is 6.10 Å². The molecular formula is C65H110O5. The molecule has 0 amide bonds. The van der Waals surface area contributed by atoms with E-state index in [0.29, 0.717) is 12.8 Å². The molecule has 0 heterocycles. The van der Waals surface area contributed by atoms with Crippen LogP contribution in [0.25, 0.3) is 0 Å². The van der Waals surface area contributed by atoms with Crippen molar-refractivity contribution in [1.82, 2.24) is 0 Å². The van der Waals surface area contributed by atoms with E-state index in [-0.39, 0.29) is 25.2 Å². The number of aliphatic hydroxyl groups excluding tert-OH is 1. The summed E-state index contributed by atoms with van der Waals surface area (Å²) < 4.78 is 10.7. The molecule has 0 spiro atoms. The summed E-state index contributed by atoms with van der Waals surface area (Å²) in [5.74, 6) is -0.603. The first-order valence-electron chi connectivity index (χ1n) is 29.4. The van der Waals surface area contributed by atoms with Gasteiger partial charge in [0, 0.05) is 12.8 Å². The molecule has 0 fully saturated rings. The highest BCUT2D eigenvalue weighted by atomic mass is 16.6. The molecule has 5 heteroatoms. The van der Waals surface area contributed by atoms with E-state index in [0.717, 1.165) is 96.3 Å². The molecule has 0 saturated heterocycles. The van der Waals surface area contributed by atoms with Gasteiger partial charge in [0.25, 0.3) is 0 Å². The third-order valence-electron chi connectivity index (χ3n) is 12.6. The number of allylic oxidation sites excluding steroid dienone is 18. The van der Waals surface area contributed by atoms with Crippen LogP contribution in [0.5, 0.6) is 0 Å². The summed E-state index contributed by atoms with van der Waals surface area (Å²) in [4.78, 5) is 24.5. The molecule has 5 nitrogen and oxygen atoms in total. The number of carbonyl (C=O) groups is 2. The molecule has 0 aromatic carbocycles. The van der Waals surface area contributed by atoms with Gasteiger partial charge in [-0.05, 0) is 103 Å². The Kier molecular flexibility index (Phi) is 56.9. The molecular weight excluding hydrogens is 861 g/mol. The molecule has 0 rings (SSSR count). The minimum absolute atomic E-state index is 0.0759. The van der Waals surface area contributed by atoms with Gasteiger partial charge in [-0.2, -0.15) is 0 Å². The average Bonchev–Trinajstić information content (AvgIpc) is 3.36. The van der Waals surface area contributed by atoms with E-state index in [1.54, 1.807) is 0 Å². The third kappa shape index (κ3) is 57.1. The number of unbranched alkanes of at least 4 members (excludes halogenated alkanes) is 27. The number of rotatable bonds is 53. The summed E-state index contributed by atoms with van der Waals surface area (Å²) in [5.41, 5.74) is 0. The second-order valence-electron chi connectivity index (χ2n) is 19.3. The fraction of sp³-hybridized carbons (Fsp3) is 0.692. The summed E-state index contributed by atoms with van der Waals surface area (Å²) in [5, 5.41) is 9.66. The highest BCUT2D eigenvalue weighted by Gasteiger charge is 2.16. The van der Waals surface area contributed by atoms with Crippen molar-refractivity contribution < 1.29 is 24.2 Å². The van der Waals surface area contributed by atoms with E-state index in [1.165, 1.54) is 148 Å². The van der Waals surface area contributed by atoms with Crippen LogP contribution in [-0.2, 0) is 19.1 Å². The molecule has 0 aliphatic rings. The fourth-order valence-electron chi connectivity index (χ4n) is 8.15. The lowest BCUT2D eigenvalue weighted by molar-refractivity contribution is -0.161. The van der Waals surface area contributed by atoms with Gasteiger partial charge in [-0.1, -0.05) is 264 Å². The maximum Gasteiger partial charge on any atom is 0.306 e. The molecule has 1 N–H and O–H groups in total. The second kappa shape index (κ2) is 59.9. The van der Waals surface area contributed by atoms with Crippen molar-refractivity contribution in [3.8, 4) is 0 Å². The van der Waals surface area contributed by atoms with Gasteiger partial charge in [-0.25, -0.2) is 0 Å². The first kappa shape index (κ1) is 66.6. The maximum absolute atomic E-state index is 12.3. The minimum atomic E-state index is -0.784. The number of carbonyl (C=O) groups excluding carboxylic acids is 2. The third-order valence-corrected chi connectivity index (χ3v) is 12.6. The van der Waals surface area contributed by atoms with Crippen molar-refractivity contribution >= 4 is 11.9 Å². The van der Waals surface area contributed by atoms with Crippen LogP contribution in [0, 0.1) is 0 Å². The number of ether oxygens (including phenoxy) is 2. The molecule has 0 aliphatic carbocycles. The summed E-state index contributed by atoms with van der Waals surface area (Å²) in [6.07, 6.45) is 86.4. The lowest BCUT2D eigenvalue weighted by Gasteiger charge is -2.15. The lowest BCUT2D eigenvalue weighted by atomic mass is 10.0.